The van der Waals surface area contributed by atoms with Crippen molar-refractivity contribution in [1.29, 1.82) is 0 Å². The molecule has 2 rings (SSSR count). The molecule has 4 heteroatoms. The molecule has 1 fully saturated rings. The summed E-state index contributed by atoms with van der Waals surface area (Å²) in [6, 6.07) is 8.65. The molecule has 4 nitrogen and oxygen atoms in total. The van der Waals surface area contributed by atoms with E-state index < -0.39 is 18.0 Å². The lowest BCUT2D eigenvalue weighted by molar-refractivity contribution is -0.161. The molecule has 100 valence electrons. The normalized spacial score (nSPS) is 26.1. The van der Waals surface area contributed by atoms with Crippen molar-refractivity contribution in [2.75, 3.05) is 13.6 Å². The Morgan fingerprint density at radius 1 is 1.53 bits per heavy atom. The number of rotatable bonds is 4. The van der Waals surface area contributed by atoms with Gasteiger partial charge in [-0.1, -0.05) is 24.3 Å². The zero-order valence-electron chi connectivity index (χ0n) is 11.8. The minimum Gasteiger partial charge on any atom is -0.467 e. The molecule has 0 saturated carbocycles. The van der Waals surface area contributed by atoms with Crippen molar-refractivity contribution in [3.8, 4) is 0 Å². The third-order valence-electron chi connectivity index (χ3n) is 3.36. The van der Waals surface area contributed by atoms with Crippen LogP contribution < -0.4 is 0 Å². The first-order valence-electron chi connectivity index (χ1n) is 6.65. The van der Waals surface area contributed by atoms with Crippen LogP contribution in [0.5, 0.6) is 0 Å². The van der Waals surface area contributed by atoms with Crippen LogP contribution in [0.15, 0.2) is 43.0 Å². The van der Waals surface area contributed by atoms with Crippen LogP contribution in [0.25, 0.3) is 0 Å². The van der Waals surface area contributed by atoms with Gasteiger partial charge in [0, 0.05) is 13.5 Å². The van der Waals surface area contributed by atoms with Gasteiger partial charge >= 0.3 is 5.97 Å². The van der Waals surface area contributed by atoms with Crippen LogP contribution in [0.2, 0.25) is 0 Å². The van der Waals surface area contributed by atoms with Crippen LogP contribution in [-0.2, 0) is 9.53 Å². The summed E-state index contributed by atoms with van der Waals surface area (Å²) in [5.74, 6) is -0.825. The summed E-state index contributed by atoms with van der Waals surface area (Å²) in [7, 11) is 1.29. The first-order chi connectivity index (χ1) is 9.56. The fourth-order valence-electron chi connectivity index (χ4n) is 2.28. The Morgan fingerprint density at radius 3 is 2.74 bits per heavy atom. The van der Waals surface area contributed by atoms with Gasteiger partial charge in [0.25, 0.3) is 5.91 Å². The number of hydrogen-bond acceptors (Lipinski definition) is 3. The molecule has 0 radical (unpaired) electrons. The lowest BCUT2D eigenvalue weighted by Crippen LogP contribution is -2.66. The van der Waals surface area contributed by atoms with Gasteiger partial charge < -0.3 is 9.64 Å². The van der Waals surface area contributed by atoms with E-state index >= 15 is 0 Å². The molecule has 0 aromatic heterocycles. The molecule has 1 aliphatic heterocycles. The molecule has 19 heavy (non-hydrogen) atoms. The number of carbonyl (C=O) groups excluding carboxylic acids is 2. The smallest absolute Gasteiger partial charge is 0.332 e. The Balaban J connectivity index is 2.34. The molecule has 0 spiro atoms. The van der Waals surface area contributed by atoms with E-state index in [-0.39, 0.29) is 18.7 Å². The van der Waals surface area contributed by atoms with E-state index in [2.05, 4.69) is 6.58 Å². The minimum absolute atomic E-state index is 0.268. The van der Waals surface area contributed by atoms with E-state index in [0.29, 0.717) is 5.56 Å². The summed E-state index contributed by atoms with van der Waals surface area (Å²) in [4.78, 5) is 25.9. The first-order valence-corrected chi connectivity index (χ1v) is 6.07. The Morgan fingerprint density at radius 2 is 2.21 bits per heavy atom. The quantitative estimate of drug-likeness (QED) is 0.614. The van der Waals surface area contributed by atoms with Crippen molar-refractivity contribution in [1.82, 2.24) is 4.90 Å². The van der Waals surface area contributed by atoms with Gasteiger partial charge in [-0.05, 0) is 25.0 Å². The average molecular weight is 260 g/mol. The third-order valence-corrected chi connectivity index (χ3v) is 3.36. The molecule has 2 unspecified atom stereocenters. The topological polar surface area (TPSA) is 46.6 Å². The number of ether oxygens (including phenoxy) is 1. The van der Waals surface area contributed by atoms with Crippen molar-refractivity contribution in [2.24, 2.45) is 0 Å². The molecule has 0 bridgehead atoms. The van der Waals surface area contributed by atoms with Gasteiger partial charge in [-0.2, -0.15) is 0 Å². The highest BCUT2D eigenvalue weighted by molar-refractivity contribution is 5.99. The molecule has 0 aliphatic carbocycles. The summed E-state index contributed by atoms with van der Waals surface area (Å²) in [6.45, 7) is 2.89. The molecular formula is C15H17NO3. The number of hydrogen-bond donors (Lipinski definition) is 0. The van der Waals surface area contributed by atoms with Crippen molar-refractivity contribution in [3.63, 3.8) is 0 Å². The molecule has 1 saturated heterocycles. The lowest BCUT2D eigenvalue weighted by Gasteiger charge is -2.49. The van der Waals surface area contributed by atoms with Gasteiger partial charge in [0.15, 0.2) is 0 Å². The van der Waals surface area contributed by atoms with E-state index in [1.54, 1.807) is 30.3 Å². The maximum Gasteiger partial charge on any atom is 0.332 e. The number of nitrogens with zero attached hydrogens (tertiary/aromatic N) is 1. The fourth-order valence-corrected chi connectivity index (χ4v) is 2.28. The van der Waals surface area contributed by atoms with Crippen LogP contribution >= 0.6 is 0 Å². The Labute approximate surface area is 114 Å². The second-order valence-corrected chi connectivity index (χ2v) is 4.44. The van der Waals surface area contributed by atoms with Crippen molar-refractivity contribution < 1.29 is 15.7 Å². The molecule has 1 heterocycles. The first kappa shape index (κ1) is 12.0. The Bertz CT molecular complexity index is 531. The fraction of sp³-hybridized carbons (Fsp3) is 0.333. The predicted molar refractivity (Wildman–Crippen MR) is 71.7 cm³/mol. The highest BCUT2D eigenvalue weighted by atomic mass is 16.5. The molecule has 1 aliphatic rings. The van der Waals surface area contributed by atoms with Crippen LogP contribution in [0.4, 0.5) is 0 Å². The van der Waals surface area contributed by atoms with Gasteiger partial charge in [-0.15, -0.1) is 6.58 Å². The van der Waals surface area contributed by atoms with E-state index in [1.807, 2.05) is 6.07 Å². The number of likely N-dealkylation sites (tertiary alicyclic amines) is 1. The minimum atomic E-state index is -1.09. The zero-order chi connectivity index (χ0) is 14.8. The molecular weight excluding hydrogens is 242 g/mol. The van der Waals surface area contributed by atoms with E-state index in [4.69, 9.17) is 6.11 Å². The maximum atomic E-state index is 12.5. The summed E-state index contributed by atoms with van der Waals surface area (Å²) < 4.78 is 12.7. The molecule has 1 aromatic rings. The third kappa shape index (κ3) is 2.14. The van der Waals surface area contributed by atoms with Gasteiger partial charge in [0.05, 0.1) is 7.11 Å². The van der Waals surface area contributed by atoms with Gasteiger partial charge in [0.2, 0.25) is 0 Å². The van der Waals surface area contributed by atoms with E-state index in [0.717, 1.165) is 0 Å². The number of esters is 1. The SMILES string of the molecule is [2H]C1CC(CC=C)(C(=O)OC)N1C(=O)c1ccccc1. The number of carbonyl (C=O) groups is 2. The van der Waals surface area contributed by atoms with Gasteiger partial charge in [-0.3, -0.25) is 4.79 Å². The lowest BCUT2D eigenvalue weighted by atomic mass is 9.80. The van der Waals surface area contributed by atoms with Crippen molar-refractivity contribution in [3.05, 3.63) is 48.6 Å². The summed E-state index contributed by atoms with van der Waals surface area (Å²) in [6.07, 6.45) is 2.13. The highest BCUT2D eigenvalue weighted by Crippen LogP contribution is 2.36. The van der Waals surface area contributed by atoms with Crippen LogP contribution in [0.1, 0.15) is 24.6 Å². The number of methoxy groups -OCH3 is 1. The predicted octanol–water partition coefficient (Wildman–Crippen LogP) is 2.02. The largest absolute Gasteiger partial charge is 0.467 e. The van der Waals surface area contributed by atoms with Crippen LogP contribution in [-0.4, -0.2) is 35.9 Å². The second kappa shape index (κ2) is 5.26. The van der Waals surface area contributed by atoms with Crippen LogP contribution in [0, 0.1) is 0 Å². The van der Waals surface area contributed by atoms with Crippen molar-refractivity contribution in [2.45, 2.75) is 18.4 Å². The summed E-state index contributed by atoms with van der Waals surface area (Å²) in [5, 5.41) is 0. The van der Waals surface area contributed by atoms with E-state index in [1.165, 1.54) is 12.0 Å². The zero-order valence-corrected chi connectivity index (χ0v) is 10.8. The number of benzene rings is 1. The highest BCUT2D eigenvalue weighted by Gasteiger charge is 2.53. The van der Waals surface area contributed by atoms with Gasteiger partial charge in [-0.25, -0.2) is 4.79 Å². The van der Waals surface area contributed by atoms with Gasteiger partial charge in [0.1, 0.15) is 5.54 Å². The van der Waals surface area contributed by atoms with E-state index in [9.17, 15) is 9.59 Å². The monoisotopic (exact) mass is 260 g/mol. The van der Waals surface area contributed by atoms with Crippen LogP contribution in [0.3, 0.4) is 0 Å². The maximum absolute atomic E-state index is 12.5. The molecule has 1 amide bonds. The summed E-state index contributed by atoms with van der Waals surface area (Å²) >= 11 is 0. The Kier molecular flexibility index (Phi) is 3.31. The molecule has 2 atom stereocenters. The summed E-state index contributed by atoms with van der Waals surface area (Å²) in [5.41, 5.74) is -0.627. The van der Waals surface area contributed by atoms with Crippen molar-refractivity contribution >= 4 is 11.9 Å². The molecule has 0 N–H and O–H groups in total. The molecule has 1 aromatic carbocycles. The number of amides is 1. The average Bonchev–Trinajstić information content (AvgIpc) is 2.46. The standard InChI is InChI=1S/C15H17NO3/c1-3-9-15(14(18)19-2)10-11-16(15)13(17)12-7-5-4-6-8-12/h3-8H,1,9-11H2,2H3/i11D. The Hall–Kier alpha value is -2.10. The second-order valence-electron chi connectivity index (χ2n) is 4.44.